The van der Waals surface area contributed by atoms with Crippen LogP contribution in [0, 0.1) is 12.3 Å². The summed E-state index contributed by atoms with van der Waals surface area (Å²) in [7, 11) is 0. The Morgan fingerprint density at radius 1 is 1.19 bits per heavy atom. The summed E-state index contributed by atoms with van der Waals surface area (Å²) in [6.07, 6.45) is 0.889. The van der Waals surface area contributed by atoms with Crippen molar-refractivity contribution < 1.29 is 5.11 Å². The van der Waals surface area contributed by atoms with Crippen molar-refractivity contribution in [3.05, 3.63) is 41.2 Å². The summed E-state index contributed by atoms with van der Waals surface area (Å²) in [5.74, 6) is 0.434. The molecule has 1 N–H and O–H groups in total. The third-order valence-electron chi connectivity index (χ3n) is 2.61. The van der Waals surface area contributed by atoms with Gasteiger partial charge in [-0.1, -0.05) is 45.0 Å². The summed E-state index contributed by atoms with van der Waals surface area (Å²) < 4.78 is 0. The number of aryl methyl sites for hydroxylation is 1. The highest BCUT2D eigenvalue weighted by molar-refractivity contribution is 5.69. The average molecular weight is 218 g/mol. The van der Waals surface area contributed by atoms with Crippen LogP contribution in [-0.2, 0) is 0 Å². The molecule has 0 unspecified atom stereocenters. The van der Waals surface area contributed by atoms with Gasteiger partial charge in [0, 0.05) is 0 Å². The van der Waals surface area contributed by atoms with Crippen LogP contribution in [0.15, 0.2) is 30.0 Å². The van der Waals surface area contributed by atoms with Crippen molar-refractivity contribution >= 4 is 5.57 Å². The molecule has 0 saturated heterocycles. The first-order chi connectivity index (χ1) is 7.31. The fraction of sp³-hybridized carbons (Fsp3) is 0.467. The van der Waals surface area contributed by atoms with E-state index in [4.69, 9.17) is 0 Å². The van der Waals surface area contributed by atoms with Gasteiger partial charge in [-0.05, 0) is 42.4 Å². The van der Waals surface area contributed by atoms with Crippen molar-refractivity contribution in [2.45, 2.75) is 41.0 Å². The number of hydrogen-bond donors (Lipinski definition) is 1. The van der Waals surface area contributed by atoms with Crippen LogP contribution in [0.5, 0.6) is 0 Å². The topological polar surface area (TPSA) is 20.2 Å². The van der Waals surface area contributed by atoms with Crippen LogP contribution >= 0.6 is 0 Å². The first-order valence-corrected chi connectivity index (χ1v) is 5.76. The van der Waals surface area contributed by atoms with Crippen molar-refractivity contribution in [1.82, 2.24) is 0 Å². The zero-order valence-corrected chi connectivity index (χ0v) is 11.0. The maximum absolute atomic E-state index is 9.83. The highest BCUT2D eigenvalue weighted by atomic mass is 16.3. The Kier molecular flexibility index (Phi) is 3.79. The van der Waals surface area contributed by atoms with Crippen LogP contribution in [0.2, 0.25) is 0 Å². The Morgan fingerprint density at radius 3 is 2.19 bits per heavy atom. The number of aliphatic hydroxyl groups is 1. The Bertz CT molecular complexity index is 390. The quantitative estimate of drug-likeness (QED) is 0.712. The van der Waals surface area contributed by atoms with E-state index in [9.17, 15) is 5.11 Å². The first kappa shape index (κ1) is 12.8. The Labute approximate surface area is 98.8 Å². The number of benzene rings is 1. The van der Waals surface area contributed by atoms with Crippen LogP contribution in [0.4, 0.5) is 0 Å². The maximum atomic E-state index is 9.83. The Morgan fingerprint density at radius 2 is 1.75 bits per heavy atom. The monoisotopic (exact) mass is 218 g/mol. The molecule has 0 saturated carbocycles. The van der Waals surface area contributed by atoms with E-state index < -0.39 is 0 Å². The molecule has 1 rings (SSSR count). The number of hydrogen-bond acceptors (Lipinski definition) is 1. The number of aliphatic hydroxyl groups excluding tert-OH is 1. The molecule has 0 fully saturated rings. The van der Waals surface area contributed by atoms with Crippen LogP contribution in [0.3, 0.4) is 0 Å². The second kappa shape index (κ2) is 4.73. The zero-order chi connectivity index (χ0) is 12.3. The van der Waals surface area contributed by atoms with Crippen molar-refractivity contribution in [1.29, 1.82) is 0 Å². The van der Waals surface area contributed by atoms with E-state index in [0.29, 0.717) is 5.76 Å². The SMILES string of the molecule is C/C(O)=C(/CC(C)(C)C)c1ccccc1C. The molecule has 16 heavy (non-hydrogen) atoms. The molecule has 0 radical (unpaired) electrons. The summed E-state index contributed by atoms with van der Waals surface area (Å²) in [6.45, 7) is 10.4. The van der Waals surface area contributed by atoms with Gasteiger partial charge < -0.3 is 5.11 Å². The minimum absolute atomic E-state index is 0.182. The molecule has 88 valence electrons. The van der Waals surface area contributed by atoms with Gasteiger partial charge in [0.05, 0.1) is 5.76 Å². The van der Waals surface area contributed by atoms with Gasteiger partial charge in [0.15, 0.2) is 0 Å². The van der Waals surface area contributed by atoms with Gasteiger partial charge in [0.1, 0.15) is 0 Å². The molecule has 0 amide bonds. The molecule has 0 aliphatic carbocycles. The van der Waals surface area contributed by atoms with Crippen LogP contribution in [-0.4, -0.2) is 5.11 Å². The second-order valence-electron chi connectivity index (χ2n) is 5.62. The highest BCUT2D eigenvalue weighted by Crippen LogP contribution is 2.33. The van der Waals surface area contributed by atoms with E-state index in [0.717, 1.165) is 17.6 Å². The standard InChI is InChI=1S/C15H22O/c1-11-8-6-7-9-13(11)14(12(2)16)10-15(3,4)5/h6-9,16H,10H2,1-5H3/b14-12+. The third kappa shape index (κ3) is 3.41. The minimum Gasteiger partial charge on any atom is -0.512 e. The summed E-state index contributed by atoms with van der Waals surface area (Å²) >= 11 is 0. The molecule has 1 aromatic carbocycles. The summed E-state index contributed by atoms with van der Waals surface area (Å²) in [5.41, 5.74) is 3.62. The maximum Gasteiger partial charge on any atom is 0.0929 e. The molecular formula is C15H22O. The minimum atomic E-state index is 0.182. The third-order valence-corrected chi connectivity index (χ3v) is 2.61. The molecule has 0 heterocycles. The molecule has 1 heteroatoms. The lowest BCUT2D eigenvalue weighted by atomic mass is 9.83. The van der Waals surface area contributed by atoms with Gasteiger partial charge in [-0.25, -0.2) is 0 Å². The van der Waals surface area contributed by atoms with E-state index >= 15 is 0 Å². The number of rotatable bonds is 2. The van der Waals surface area contributed by atoms with Gasteiger partial charge in [-0.15, -0.1) is 0 Å². The van der Waals surface area contributed by atoms with Crippen LogP contribution in [0.1, 0.15) is 45.2 Å². The van der Waals surface area contributed by atoms with E-state index in [1.807, 2.05) is 12.1 Å². The van der Waals surface area contributed by atoms with Gasteiger partial charge in [-0.3, -0.25) is 0 Å². The molecule has 0 aliphatic rings. The second-order valence-corrected chi connectivity index (χ2v) is 5.62. The van der Waals surface area contributed by atoms with E-state index in [2.05, 4.69) is 39.8 Å². The van der Waals surface area contributed by atoms with Crippen LogP contribution < -0.4 is 0 Å². The van der Waals surface area contributed by atoms with Crippen molar-refractivity contribution in [3.8, 4) is 0 Å². The van der Waals surface area contributed by atoms with E-state index in [-0.39, 0.29) is 5.41 Å². The summed E-state index contributed by atoms with van der Waals surface area (Å²) in [6, 6.07) is 8.21. The lowest BCUT2D eigenvalue weighted by molar-refractivity contribution is 0.393. The van der Waals surface area contributed by atoms with Gasteiger partial charge in [-0.2, -0.15) is 0 Å². The lowest BCUT2D eigenvalue weighted by Crippen LogP contribution is -2.07. The fourth-order valence-corrected chi connectivity index (χ4v) is 1.86. The largest absolute Gasteiger partial charge is 0.512 e. The van der Waals surface area contributed by atoms with Crippen LogP contribution in [0.25, 0.3) is 5.57 Å². The fourth-order valence-electron chi connectivity index (χ4n) is 1.86. The molecule has 0 aromatic heterocycles. The normalized spacial score (nSPS) is 13.6. The molecule has 1 nitrogen and oxygen atoms in total. The van der Waals surface area contributed by atoms with Gasteiger partial charge in [0.25, 0.3) is 0 Å². The summed E-state index contributed by atoms with van der Waals surface area (Å²) in [4.78, 5) is 0. The Hall–Kier alpha value is -1.24. The smallest absolute Gasteiger partial charge is 0.0929 e. The molecule has 0 aliphatic heterocycles. The van der Waals surface area contributed by atoms with Crippen molar-refractivity contribution in [2.75, 3.05) is 0 Å². The molecule has 0 bridgehead atoms. The first-order valence-electron chi connectivity index (χ1n) is 5.76. The van der Waals surface area contributed by atoms with Crippen molar-refractivity contribution in [2.24, 2.45) is 5.41 Å². The summed E-state index contributed by atoms with van der Waals surface area (Å²) in [5, 5.41) is 9.83. The average Bonchev–Trinajstić information content (AvgIpc) is 2.13. The Balaban J connectivity index is 3.16. The molecule has 0 atom stereocenters. The van der Waals surface area contributed by atoms with E-state index in [1.54, 1.807) is 6.92 Å². The predicted molar refractivity (Wildman–Crippen MR) is 70.5 cm³/mol. The van der Waals surface area contributed by atoms with E-state index in [1.165, 1.54) is 5.56 Å². The van der Waals surface area contributed by atoms with Gasteiger partial charge in [0.2, 0.25) is 0 Å². The zero-order valence-electron chi connectivity index (χ0n) is 11.0. The van der Waals surface area contributed by atoms with Crippen molar-refractivity contribution in [3.63, 3.8) is 0 Å². The highest BCUT2D eigenvalue weighted by Gasteiger charge is 2.17. The lowest BCUT2D eigenvalue weighted by Gasteiger charge is -2.22. The molecular weight excluding hydrogens is 196 g/mol. The molecule has 0 spiro atoms. The van der Waals surface area contributed by atoms with Gasteiger partial charge >= 0.3 is 0 Å². The molecule has 1 aromatic rings. The predicted octanol–water partition coefficient (Wildman–Crippen LogP) is 4.72. The number of allylic oxidation sites excluding steroid dienone is 2.